The number of nitrogens with zero attached hydrogens (tertiary/aromatic N) is 2. The highest BCUT2D eigenvalue weighted by atomic mass is 16.5. The maximum absolute atomic E-state index is 11.3. The van der Waals surface area contributed by atoms with Crippen molar-refractivity contribution in [3.8, 4) is 22.8 Å². The molecule has 0 radical (unpaired) electrons. The van der Waals surface area contributed by atoms with Crippen LogP contribution in [0.15, 0.2) is 42.7 Å². The van der Waals surface area contributed by atoms with Gasteiger partial charge in [-0.25, -0.2) is 9.78 Å². The van der Waals surface area contributed by atoms with Crippen molar-refractivity contribution in [3.63, 3.8) is 0 Å². The third-order valence-corrected chi connectivity index (χ3v) is 3.76. The minimum absolute atomic E-state index is 0.174. The molecule has 1 N–H and O–H groups in total. The van der Waals surface area contributed by atoms with Crippen LogP contribution in [0.25, 0.3) is 16.9 Å². The molecule has 0 fully saturated rings. The van der Waals surface area contributed by atoms with Crippen LogP contribution >= 0.6 is 0 Å². The number of aromatic nitrogens is 2. The maximum atomic E-state index is 11.3. The quantitative estimate of drug-likeness (QED) is 0.788. The molecular formula is C17H14N2O4. The molecule has 6 nitrogen and oxygen atoms in total. The van der Waals surface area contributed by atoms with E-state index in [1.165, 1.54) is 0 Å². The highest BCUT2D eigenvalue weighted by Crippen LogP contribution is 2.34. The topological polar surface area (TPSA) is 73.1 Å². The van der Waals surface area contributed by atoms with Crippen molar-refractivity contribution in [3.05, 3.63) is 48.3 Å². The second-order valence-electron chi connectivity index (χ2n) is 5.30. The normalized spacial score (nSPS) is 13.7. The first-order valence-electron chi connectivity index (χ1n) is 7.33. The van der Waals surface area contributed by atoms with Gasteiger partial charge in [0.2, 0.25) is 0 Å². The van der Waals surface area contributed by atoms with E-state index in [1.807, 2.05) is 18.2 Å². The van der Waals surface area contributed by atoms with Gasteiger partial charge in [-0.3, -0.25) is 0 Å². The van der Waals surface area contributed by atoms with E-state index in [0.717, 1.165) is 17.7 Å². The lowest BCUT2D eigenvalue weighted by Gasteiger charge is -2.07. The predicted octanol–water partition coefficient (Wildman–Crippen LogP) is 2.86. The van der Waals surface area contributed by atoms with Gasteiger partial charge in [-0.15, -0.1) is 0 Å². The number of rotatable bonds is 2. The van der Waals surface area contributed by atoms with E-state index in [0.29, 0.717) is 30.3 Å². The highest BCUT2D eigenvalue weighted by molar-refractivity contribution is 5.94. The zero-order chi connectivity index (χ0) is 15.8. The molecule has 2 aromatic heterocycles. The predicted molar refractivity (Wildman–Crippen MR) is 83.2 cm³/mol. The highest BCUT2D eigenvalue weighted by Gasteiger charge is 2.15. The summed E-state index contributed by atoms with van der Waals surface area (Å²) in [4.78, 5) is 15.8. The number of carboxylic acid groups (broad SMARTS) is 1. The molecule has 0 bridgehead atoms. The third kappa shape index (κ3) is 2.38. The molecule has 3 aromatic rings. The van der Waals surface area contributed by atoms with Gasteiger partial charge in [0, 0.05) is 24.4 Å². The average molecular weight is 310 g/mol. The molecule has 0 saturated heterocycles. The molecule has 1 aliphatic heterocycles. The number of carboxylic acids is 1. The Balaban J connectivity index is 1.82. The summed E-state index contributed by atoms with van der Waals surface area (Å²) in [7, 11) is 0. The number of imidazole rings is 1. The molecular weight excluding hydrogens is 296 g/mol. The Bertz CT molecular complexity index is 901. The van der Waals surface area contributed by atoms with Crippen LogP contribution < -0.4 is 9.47 Å². The first-order chi connectivity index (χ1) is 11.2. The zero-order valence-corrected chi connectivity index (χ0v) is 12.2. The SMILES string of the molecule is O=C(O)c1cccn2cc(-c3ccc4c(c3)OCCCO4)nc12. The van der Waals surface area contributed by atoms with Crippen LogP contribution in [0.2, 0.25) is 0 Å². The Kier molecular flexibility index (Phi) is 3.15. The van der Waals surface area contributed by atoms with Crippen LogP contribution in [0.5, 0.6) is 11.5 Å². The molecule has 0 saturated carbocycles. The molecule has 116 valence electrons. The summed E-state index contributed by atoms with van der Waals surface area (Å²) in [5.41, 5.74) is 2.14. The molecule has 0 spiro atoms. The van der Waals surface area contributed by atoms with Crippen LogP contribution in [0.4, 0.5) is 0 Å². The van der Waals surface area contributed by atoms with Crippen LogP contribution in [-0.4, -0.2) is 33.7 Å². The van der Waals surface area contributed by atoms with Gasteiger partial charge in [-0.1, -0.05) is 0 Å². The Hall–Kier alpha value is -3.02. The lowest BCUT2D eigenvalue weighted by atomic mass is 10.1. The summed E-state index contributed by atoms with van der Waals surface area (Å²) in [6.07, 6.45) is 4.43. The van der Waals surface area contributed by atoms with Gasteiger partial charge in [0.15, 0.2) is 17.1 Å². The van der Waals surface area contributed by atoms with Crippen molar-refractivity contribution in [2.75, 3.05) is 13.2 Å². The minimum atomic E-state index is -0.994. The van der Waals surface area contributed by atoms with E-state index in [-0.39, 0.29) is 5.56 Å². The van der Waals surface area contributed by atoms with E-state index >= 15 is 0 Å². The van der Waals surface area contributed by atoms with Gasteiger partial charge in [-0.05, 0) is 30.3 Å². The number of benzene rings is 1. The first-order valence-corrected chi connectivity index (χ1v) is 7.33. The summed E-state index contributed by atoms with van der Waals surface area (Å²) in [5, 5.41) is 9.26. The van der Waals surface area contributed by atoms with Crippen LogP contribution in [0.3, 0.4) is 0 Å². The minimum Gasteiger partial charge on any atom is -0.490 e. The Morgan fingerprint density at radius 3 is 2.83 bits per heavy atom. The molecule has 0 atom stereocenters. The molecule has 0 unspecified atom stereocenters. The van der Waals surface area contributed by atoms with E-state index in [2.05, 4.69) is 4.98 Å². The maximum Gasteiger partial charge on any atom is 0.339 e. The molecule has 0 aliphatic carbocycles. The number of aromatic carboxylic acids is 1. The number of pyridine rings is 1. The number of hydrogen-bond acceptors (Lipinski definition) is 4. The van der Waals surface area contributed by atoms with Crippen molar-refractivity contribution in [2.45, 2.75) is 6.42 Å². The largest absolute Gasteiger partial charge is 0.490 e. The molecule has 3 heterocycles. The Morgan fingerprint density at radius 1 is 1.17 bits per heavy atom. The number of hydrogen-bond donors (Lipinski definition) is 1. The van der Waals surface area contributed by atoms with Crippen LogP contribution in [0.1, 0.15) is 16.8 Å². The smallest absolute Gasteiger partial charge is 0.339 e. The van der Waals surface area contributed by atoms with E-state index < -0.39 is 5.97 Å². The number of carbonyl (C=O) groups is 1. The van der Waals surface area contributed by atoms with Crippen molar-refractivity contribution in [1.29, 1.82) is 0 Å². The van der Waals surface area contributed by atoms with E-state index in [9.17, 15) is 9.90 Å². The molecule has 1 aromatic carbocycles. The third-order valence-electron chi connectivity index (χ3n) is 3.76. The Morgan fingerprint density at radius 2 is 2.00 bits per heavy atom. The van der Waals surface area contributed by atoms with Gasteiger partial charge in [0.25, 0.3) is 0 Å². The lowest BCUT2D eigenvalue weighted by molar-refractivity contribution is 0.0698. The zero-order valence-electron chi connectivity index (χ0n) is 12.2. The van der Waals surface area contributed by atoms with Crippen molar-refractivity contribution in [1.82, 2.24) is 9.38 Å². The first kappa shape index (κ1) is 13.6. The van der Waals surface area contributed by atoms with Crippen molar-refractivity contribution < 1.29 is 19.4 Å². The summed E-state index contributed by atoms with van der Waals surface area (Å²) >= 11 is 0. The monoisotopic (exact) mass is 310 g/mol. The number of fused-ring (bicyclic) bond motifs is 2. The van der Waals surface area contributed by atoms with Gasteiger partial charge < -0.3 is 19.0 Å². The second kappa shape index (κ2) is 5.31. The van der Waals surface area contributed by atoms with Gasteiger partial charge >= 0.3 is 5.97 Å². The molecule has 1 aliphatic rings. The molecule has 23 heavy (non-hydrogen) atoms. The van der Waals surface area contributed by atoms with Crippen LogP contribution in [0, 0.1) is 0 Å². The molecule has 6 heteroatoms. The second-order valence-corrected chi connectivity index (χ2v) is 5.30. The van der Waals surface area contributed by atoms with E-state index in [1.54, 1.807) is 28.9 Å². The molecule has 0 amide bonds. The molecule has 4 rings (SSSR count). The fourth-order valence-corrected chi connectivity index (χ4v) is 2.64. The summed E-state index contributed by atoms with van der Waals surface area (Å²) in [6, 6.07) is 8.87. The van der Waals surface area contributed by atoms with Crippen molar-refractivity contribution in [2.24, 2.45) is 0 Å². The van der Waals surface area contributed by atoms with Gasteiger partial charge in [0.1, 0.15) is 5.56 Å². The Labute approximate surface area is 131 Å². The summed E-state index contributed by atoms with van der Waals surface area (Å²) in [6.45, 7) is 1.26. The lowest BCUT2D eigenvalue weighted by Crippen LogP contribution is -1.99. The summed E-state index contributed by atoms with van der Waals surface area (Å²) in [5.74, 6) is 0.420. The van der Waals surface area contributed by atoms with Crippen molar-refractivity contribution >= 4 is 11.6 Å². The van der Waals surface area contributed by atoms with Gasteiger partial charge in [-0.2, -0.15) is 0 Å². The standard InChI is InChI=1S/C17H14N2O4/c20-17(21)12-3-1-6-19-10-13(18-16(12)19)11-4-5-14-15(9-11)23-8-2-7-22-14/h1,3-6,9-10H,2,7-8H2,(H,20,21). The van der Waals surface area contributed by atoms with Gasteiger partial charge in [0.05, 0.1) is 18.9 Å². The average Bonchev–Trinajstić information content (AvgIpc) is 2.85. The fraction of sp³-hybridized carbons (Fsp3) is 0.176. The van der Waals surface area contributed by atoms with E-state index in [4.69, 9.17) is 9.47 Å². The number of ether oxygens (including phenoxy) is 2. The fourth-order valence-electron chi connectivity index (χ4n) is 2.64. The summed E-state index contributed by atoms with van der Waals surface area (Å²) < 4.78 is 13.0. The van der Waals surface area contributed by atoms with Crippen LogP contribution in [-0.2, 0) is 0 Å².